The quantitative estimate of drug-likeness (QED) is 0.133. The maximum Gasteiger partial charge on any atom is 0.226 e. The fourth-order valence-electron chi connectivity index (χ4n) is 3.97. The van der Waals surface area contributed by atoms with E-state index >= 15 is 0 Å². The fourth-order valence-corrected chi connectivity index (χ4v) is 3.97. The molecule has 1 rings (SSSR count). The van der Waals surface area contributed by atoms with Gasteiger partial charge in [0, 0.05) is 43.2 Å². The van der Waals surface area contributed by atoms with Gasteiger partial charge in [0.05, 0.1) is 32.8 Å². The lowest BCUT2D eigenvalue weighted by atomic mass is 9.86. The second-order valence-electron chi connectivity index (χ2n) is 9.14. The van der Waals surface area contributed by atoms with E-state index < -0.39 is 0 Å². The van der Waals surface area contributed by atoms with Gasteiger partial charge in [-0.05, 0) is 36.5 Å². The summed E-state index contributed by atoms with van der Waals surface area (Å²) in [6.07, 6.45) is 6.14. The molecular formula is C31H51N3O6. The molecule has 0 bridgehead atoms. The van der Waals surface area contributed by atoms with Gasteiger partial charge in [0.1, 0.15) is 12.6 Å². The zero-order valence-corrected chi connectivity index (χ0v) is 25.0. The van der Waals surface area contributed by atoms with Gasteiger partial charge in [0.15, 0.2) is 0 Å². The number of aryl methyl sites for hydroxylation is 1. The number of rotatable bonds is 23. The molecule has 0 spiro atoms. The van der Waals surface area contributed by atoms with E-state index in [1.165, 1.54) is 0 Å². The molecule has 0 saturated heterocycles. The van der Waals surface area contributed by atoms with E-state index in [1.807, 2.05) is 38.1 Å². The Hall–Kier alpha value is -3.04. The van der Waals surface area contributed by atoms with Gasteiger partial charge in [-0.15, -0.1) is 0 Å². The van der Waals surface area contributed by atoms with E-state index in [4.69, 9.17) is 9.47 Å². The van der Waals surface area contributed by atoms with Crippen molar-refractivity contribution in [2.75, 3.05) is 44.8 Å². The first-order valence-corrected chi connectivity index (χ1v) is 14.5. The third-order valence-corrected chi connectivity index (χ3v) is 6.24. The second-order valence-corrected chi connectivity index (χ2v) is 9.14. The van der Waals surface area contributed by atoms with Gasteiger partial charge in [-0.1, -0.05) is 59.2 Å². The van der Waals surface area contributed by atoms with Crippen LogP contribution in [0.4, 0.5) is 5.69 Å². The van der Waals surface area contributed by atoms with Crippen molar-refractivity contribution in [3.8, 4) is 0 Å². The first-order valence-electron chi connectivity index (χ1n) is 14.5. The Morgan fingerprint density at radius 2 is 1.52 bits per heavy atom. The number of hydrogen-bond acceptors (Lipinski definition) is 7. The monoisotopic (exact) mass is 561 g/mol. The van der Waals surface area contributed by atoms with Crippen molar-refractivity contribution in [3.63, 3.8) is 0 Å². The summed E-state index contributed by atoms with van der Waals surface area (Å²) in [7, 11) is 0. The number of anilines is 1. The molecule has 0 aromatic heterocycles. The van der Waals surface area contributed by atoms with Gasteiger partial charge >= 0.3 is 0 Å². The summed E-state index contributed by atoms with van der Waals surface area (Å²) in [5.41, 5.74) is 2.54. The number of amides is 2. The lowest BCUT2D eigenvalue weighted by Gasteiger charge is -2.21. The third-order valence-electron chi connectivity index (χ3n) is 6.24. The molecule has 1 aromatic carbocycles. The highest BCUT2D eigenvalue weighted by Crippen LogP contribution is 2.23. The van der Waals surface area contributed by atoms with Crippen LogP contribution in [0.1, 0.15) is 71.8 Å². The van der Waals surface area contributed by atoms with Gasteiger partial charge < -0.3 is 35.0 Å². The number of carbonyl (C=O) groups excluding carboxylic acids is 4. The van der Waals surface area contributed by atoms with E-state index in [9.17, 15) is 19.2 Å². The number of carbonyl (C=O) groups is 4. The van der Waals surface area contributed by atoms with Crippen molar-refractivity contribution in [1.82, 2.24) is 10.6 Å². The molecule has 9 heteroatoms. The van der Waals surface area contributed by atoms with Gasteiger partial charge in [-0.3, -0.25) is 9.59 Å². The molecule has 1 aromatic rings. The molecule has 0 aliphatic carbocycles. The van der Waals surface area contributed by atoms with Crippen molar-refractivity contribution >= 4 is 30.1 Å². The summed E-state index contributed by atoms with van der Waals surface area (Å²) in [6.45, 7) is 14.4. The third kappa shape index (κ3) is 18.3. The van der Waals surface area contributed by atoms with Crippen LogP contribution in [0.25, 0.3) is 0 Å². The SMILES string of the molecule is C=C(CC(C=O)C(CC)CC)NCCC(=O)NCCOCCOCCC(=O)Nc1ccc(CCC=O)cc1.CC. The predicted octanol–water partition coefficient (Wildman–Crippen LogP) is 4.46. The van der Waals surface area contributed by atoms with Gasteiger partial charge in [0.25, 0.3) is 0 Å². The standard InChI is InChI=1S/C29H45N3O6.C2H6/c1-4-25(5-2)26(22-34)21-23(3)30-14-12-28(35)31-15-18-38-20-19-37-17-13-29(36)32-27-10-8-24(9-11-27)7-6-16-33;1-2/h8-11,16,22,25-26,30H,3-7,12-15,17-21H2,1-2H3,(H,31,35)(H,32,36);1-2H3. The van der Waals surface area contributed by atoms with E-state index in [-0.39, 0.29) is 30.8 Å². The van der Waals surface area contributed by atoms with Crippen LogP contribution in [0.3, 0.4) is 0 Å². The van der Waals surface area contributed by atoms with Gasteiger partial charge in [-0.25, -0.2) is 0 Å². The van der Waals surface area contributed by atoms with Crippen LogP contribution in [0.5, 0.6) is 0 Å². The molecule has 226 valence electrons. The predicted molar refractivity (Wildman–Crippen MR) is 160 cm³/mol. The van der Waals surface area contributed by atoms with Crippen LogP contribution in [0.2, 0.25) is 0 Å². The molecule has 2 amide bonds. The molecule has 1 unspecified atom stereocenters. The highest BCUT2D eigenvalue weighted by Gasteiger charge is 2.18. The molecule has 0 aliphatic heterocycles. The molecule has 3 N–H and O–H groups in total. The van der Waals surface area contributed by atoms with Crippen molar-refractivity contribution < 1.29 is 28.7 Å². The lowest BCUT2D eigenvalue weighted by Crippen LogP contribution is -2.30. The van der Waals surface area contributed by atoms with Crippen molar-refractivity contribution in [1.29, 1.82) is 0 Å². The van der Waals surface area contributed by atoms with Crippen molar-refractivity contribution in [3.05, 3.63) is 42.1 Å². The maximum absolute atomic E-state index is 12.0. The van der Waals surface area contributed by atoms with E-state index in [1.54, 1.807) is 0 Å². The minimum absolute atomic E-state index is 0.0405. The molecule has 9 nitrogen and oxygen atoms in total. The van der Waals surface area contributed by atoms with E-state index in [0.717, 1.165) is 36.7 Å². The first-order chi connectivity index (χ1) is 19.4. The largest absolute Gasteiger partial charge is 0.388 e. The highest BCUT2D eigenvalue weighted by molar-refractivity contribution is 5.90. The molecule has 0 saturated carbocycles. The number of allylic oxidation sites excluding steroid dienone is 1. The smallest absolute Gasteiger partial charge is 0.226 e. The Kier molecular flexibility index (Phi) is 23.1. The minimum Gasteiger partial charge on any atom is -0.388 e. The zero-order chi connectivity index (χ0) is 30.0. The minimum atomic E-state index is -0.137. The van der Waals surface area contributed by atoms with Crippen molar-refractivity contribution in [2.45, 2.75) is 72.6 Å². The fraction of sp³-hybridized carbons (Fsp3) is 0.613. The van der Waals surface area contributed by atoms with Crippen LogP contribution in [-0.2, 0) is 35.1 Å². The Morgan fingerprint density at radius 3 is 2.12 bits per heavy atom. The van der Waals surface area contributed by atoms with Crippen molar-refractivity contribution in [2.24, 2.45) is 11.8 Å². The van der Waals surface area contributed by atoms with Crippen LogP contribution in [0.15, 0.2) is 36.5 Å². The molecule has 0 fully saturated rings. The normalized spacial score (nSPS) is 11.1. The Balaban J connectivity index is 0.00000742. The number of aldehydes is 2. The zero-order valence-electron chi connectivity index (χ0n) is 25.0. The molecule has 0 radical (unpaired) electrons. The van der Waals surface area contributed by atoms with Crippen LogP contribution < -0.4 is 16.0 Å². The second kappa shape index (κ2) is 25.0. The summed E-state index contributed by atoms with van der Waals surface area (Å²) in [4.78, 5) is 45.8. The summed E-state index contributed by atoms with van der Waals surface area (Å²) in [5.74, 6) is 0.0940. The Bertz CT molecular complexity index is 840. The molecular weight excluding hydrogens is 510 g/mol. The summed E-state index contributed by atoms with van der Waals surface area (Å²) in [5, 5.41) is 8.75. The van der Waals surface area contributed by atoms with Gasteiger partial charge in [-0.2, -0.15) is 0 Å². The summed E-state index contributed by atoms with van der Waals surface area (Å²) in [6, 6.07) is 7.42. The van der Waals surface area contributed by atoms with Crippen LogP contribution >= 0.6 is 0 Å². The Labute approximate surface area is 240 Å². The summed E-state index contributed by atoms with van der Waals surface area (Å²) >= 11 is 0. The average molecular weight is 562 g/mol. The number of benzene rings is 1. The molecule has 0 aliphatic rings. The Morgan fingerprint density at radius 1 is 0.875 bits per heavy atom. The molecule has 0 heterocycles. The van der Waals surface area contributed by atoms with Crippen LogP contribution in [-0.4, -0.2) is 63.9 Å². The summed E-state index contributed by atoms with van der Waals surface area (Å²) < 4.78 is 10.9. The maximum atomic E-state index is 12.0. The average Bonchev–Trinajstić information content (AvgIpc) is 2.97. The molecule has 1 atom stereocenters. The number of ether oxygens (including phenoxy) is 2. The van der Waals surface area contributed by atoms with E-state index in [0.29, 0.717) is 70.2 Å². The topological polar surface area (TPSA) is 123 Å². The van der Waals surface area contributed by atoms with Crippen LogP contribution in [0, 0.1) is 11.8 Å². The first kappa shape index (κ1) is 37.0. The van der Waals surface area contributed by atoms with E-state index in [2.05, 4.69) is 36.4 Å². The molecule has 40 heavy (non-hydrogen) atoms. The van der Waals surface area contributed by atoms with Gasteiger partial charge in [0.2, 0.25) is 11.8 Å². The number of nitrogens with one attached hydrogen (secondary N) is 3. The number of hydrogen-bond donors (Lipinski definition) is 3. The highest BCUT2D eigenvalue weighted by atomic mass is 16.5. The lowest BCUT2D eigenvalue weighted by molar-refractivity contribution is -0.121.